The number of pyridine rings is 1. The lowest BCUT2D eigenvalue weighted by Crippen LogP contribution is -2.24. The number of aromatic nitrogens is 1. The average Bonchev–Trinajstić information content (AvgIpc) is 2.32. The second-order valence-corrected chi connectivity index (χ2v) is 4.71. The van der Waals surface area contributed by atoms with E-state index in [-0.39, 0.29) is 0 Å². The van der Waals surface area contributed by atoms with Gasteiger partial charge in [-0.2, -0.15) is 0 Å². The third kappa shape index (κ3) is 2.14. The van der Waals surface area contributed by atoms with E-state index in [1.54, 1.807) is 6.92 Å². The van der Waals surface area contributed by atoms with Gasteiger partial charge in [0.15, 0.2) is 0 Å². The van der Waals surface area contributed by atoms with Gasteiger partial charge in [-0.15, -0.1) is 0 Å². The van der Waals surface area contributed by atoms with Crippen LogP contribution in [0.5, 0.6) is 0 Å². The number of aryl methyl sites for hydroxylation is 1. The molecule has 94 valence electrons. The summed E-state index contributed by atoms with van der Waals surface area (Å²) in [6.45, 7) is 5.59. The molecule has 0 aliphatic rings. The standard InChI is InChI=1S/C15H16FNO/c1-10-5-4-6-14(11(10)2)15(3,18)12-7-13(16)9-17-8-12/h4-9,18H,1-3H3. The molecule has 0 spiro atoms. The maximum atomic E-state index is 13.2. The van der Waals surface area contributed by atoms with Gasteiger partial charge in [0.25, 0.3) is 0 Å². The summed E-state index contributed by atoms with van der Waals surface area (Å²) in [7, 11) is 0. The Morgan fingerprint density at radius 2 is 1.94 bits per heavy atom. The molecule has 2 rings (SSSR count). The molecule has 0 radical (unpaired) electrons. The normalized spacial score (nSPS) is 14.3. The first-order valence-electron chi connectivity index (χ1n) is 5.83. The molecule has 0 saturated heterocycles. The molecule has 18 heavy (non-hydrogen) atoms. The Balaban J connectivity index is 2.57. The van der Waals surface area contributed by atoms with Crippen molar-refractivity contribution < 1.29 is 9.50 Å². The van der Waals surface area contributed by atoms with E-state index in [0.717, 1.165) is 22.9 Å². The summed E-state index contributed by atoms with van der Waals surface area (Å²) >= 11 is 0. The highest BCUT2D eigenvalue weighted by atomic mass is 19.1. The van der Waals surface area contributed by atoms with Crippen LogP contribution in [0.2, 0.25) is 0 Å². The van der Waals surface area contributed by atoms with Gasteiger partial charge in [-0.3, -0.25) is 4.98 Å². The molecular formula is C15H16FNO. The van der Waals surface area contributed by atoms with Crippen molar-refractivity contribution in [2.75, 3.05) is 0 Å². The van der Waals surface area contributed by atoms with Crippen molar-refractivity contribution in [3.8, 4) is 0 Å². The summed E-state index contributed by atoms with van der Waals surface area (Å²) in [5.41, 5.74) is 2.08. The zero-order chi connectivity index (χ0) is 13.3. The molecule has 0 aliphatic carbocycles. The number of benzene rings is 1. The van der Waals surface area contributed by atoms with Crippen LogP contribution in [0.15, 0.2) is 36.7 Å². The summed E-state index contributed by atoms with van der Waals surface area (Å²) in [4.78, 5) is 3.79. The molecule has 0 aliphatic heterocycles. The number of rotatable bonds is 2. The zero-order valence-electron chi connectivity index (χ0n) is 10.7. The molecule has 1 heterocycles. The fourth-order valence-corrected chi connectivity index (χ4v) is 2.11. The molecule has 0 saturated carbocycles. The Bertz CT molecular complexity index is 578. The fourth-order valence-electron chi connectivity index (χ4n) is 2.11. The van der Waals surface area contributed by atoms with Crippen LogP contribution in [0.25, 0.3) is 0 Å². The fraction of sp³-hybridized carbons (Fsp3) is 0.267. The Morgan fingerprint density at radius 3 is 2.61 bits per heavy atom. The summed E-state index contributed by atoms with van der Waals surface area (Å²) < 4.78 is 13.2. The summed E-state index contributed by atoms with van der Waals surface area (Å²) in [5.74, 6) is -0.446. The molecule has 1 aromatic carbocycles. The maximum Gasteiger partial charge on any atom is 0.141 e. The highest BCUT2D eigenvalue weighted by Gasteiger charge is 2.28. The van der Waals surface area contributed by atoms with Crippen molar-refractivity contribution in [1.82, 2.24) is 4.98 Å². The van der Waals surface area contributed by atoms with Crippen LogP contribution in [0.3, 0.4) is 0 Å². The molecule has 0 fully saturated rings. The molecule has 3 heteroatoms. The highest BCUT2D eigenvalue weighted by Crippen LogP contribution is 2.32. The second kappa shape index (κ2) is 4.50. The van der Waals surface area contributed by atoms with E-state index in [1.165, 1.54) is 12.3 Å². The monoisotopic (exact) mass is 245 g/mol. The van der Waals surface area contributed by atoms with E-state index in [0.29, 0.717) is 5.56 Å². The summed E-state index contributed by atoms with van der Waals surface area (Å²) in [6, 6.07) is 7.04. The van der Waals surface area contributed by atoms with Gasteiger partial charge >= 0.3 is 0 Å². The lowest BCUT2D eigenvalue weighted by molar-refractivity contribution is 0.101. The van der Waals surface area contributed by atoms with Crippen molar-refractivity contribution in [2.45, 2.75) is 26.4 Å². The van der Waals surface area contributed by atoms with Crippen molar-refractivity contribution >= 4 is 0 Å². The largest absolute Gasteiger partial charge is 0.381 e. The number of hydrogen-bond donors (Lipinski definition) is 1. The third-order valence-corrected chi connectivity index (χ3v) is 3.40. The predicted molar refractivity (Wildman–Crippen MR) is 68.8 cm³/mol. The van der Waals surface area contributed by atoms with E-state index >= 15 is 0 Å². The molecule has 1 unspecified atom stereocenters. The second-order valence-electron chi connectivity index (χ2n) is 4.71. The minimum atomic E-state index is -1.24. The number of nitrogens with zero attached hydrogens (tertiary/aromatic N) is 1. The van der Waals surface area contributed by atoms with Crippen LogP contribution in [-0.2, 0) is 5.60 Å². The molecule has 0 amide bonds. The quantitative estimate of drug-likeness (QED) is 0.882. The van der Waals surface area contributed by atoms with Crippen LogP contribution < -0.4 is 0 Å². The lowest BCUT2D eigenvalue weighted by atomic mass is 9.85. The van der Waals surface area contributed by atoms with Crippen molar-refractivity contribution in [3.05, 3.63) is 64.7 Å². The first-order valence-corrected chi connectivity index (χ1v) is 5.83. The summed E-state index contributed by atoms with van der Waals surface area (Å²) in [5, 5.41) is 10.7. The molecule has 2 nitrogen and oxygen atoms in total. The SMILES string of the molecule is Cc1cccc(C(C)(O)c2cncc(F)c2)c1C. The smallest absolute Gasteiger partial charge is 0.141 e. The minimum Gasteiger partial charge on any atom is -0.381 e. The van der Waals surface area contributed by atoms with Gasteiger partial charge in [-0.05, 0) is 43.5 Å². The van der Waals surface area contributed by atoms with Gasteiger partial charge in [-0.1, -0.05) is 18.2 Å². The Hall–Kier alpha value is -1.74. The van der Waals surface area contributed by atoms with E-state index in [1.807, 2.05) is 32.0 Å². The Labute approximate surface area is 106 Å². The van der Waals surface area contributed by atoms with Gasteiger partial charge < -0.3 is 5.11 Å². The summed E-state index contributed by atoms with van der Waals surface area (Å²) in [6.07, 6.45) is 2.62. The predicted octanol–water partition coefficient (Wildman–Crippen LogP) is 3.09. The van der Waals surface area contributed by atoms with Crippen LogP contribution in [0.1, 0.15) is 29.2 Å². The Kier molecular flexibility index (Phi) is 3.18. The van der Waals surface area contributed by atoms with E-state index in [4.69, 9.17) is 0 Å². The number of hydrogen-bond acceptors (Lipinski definition) is 2. The van der Waals surface area contributed by atoms with Gasteiger partial charge in [0, 0.05) is 11.8 Å². The van der Waals surface area contributed by atoms with Crippen molar-refractivity contribution in [3.63, 3.8) is 0 Å². The van der Waals surface area contributed by atoms with Crippen LogP contribution in [-0.4, -0.2) is 10.1 Å². The molecule has 1 atom stereocenters. The molecule has 1 aromatic heterocycles. The van der Waals surface area contributed by atoms with Gasteiger partial charge in [0.2, 0.25) is 0 Å². The first kappa shape index (κ1) is 12.7. The van der Waals surface area contributed by atoms with Crippen molar-refractivity contribution in [2.24, 2.45) is 0 Å². The van der Waals surface area contributed by atoms with E-state index < -0.39 is 11.4 Å². The average molecular weight is 245 g/mol. The van der Waals surface area contributed by atoms with Gasteiger partial charge in [0.05, 0.1) is 6.20 Å². The molecule has 2 aromatic rings. The van der Waals surface area contributed by atoms with Gasteiger partial charge in [-0.25, -0.2) is 4.39 Å². The van der Waals surface area contributed by atoms with Crippen LogP contribution in [0.4, 0.5) is 4.39 Å². The molecule has 1 N–H and O–H groups in total. The minimum absolute atomic E-state index is 0.446. The third-order valence-electron chi connectivity index (χ3n) is 3.40. The van der Waals surface area contributed by atoms with E-state index in [9.17, 15) is 9.50 Å². The molecular weight excluding hydrogens is 229 g/mol. The topological polar surface area (TPSA) is 33.1 Å². The van der Waals surface area contributed by atoms with Crippen LogP contribution >= 0.6 is 0 Å². The van der Waals surface area contributed by atoms with E-state index in [2.05, 4.69) is 4.98 Å². The first-order chi connectivity index (χ1) is 8.43. The molecule has 0 bridgehead atoms. The zero-order valence-corrected chi connectivity index (χ0v) is 10.7. The van der Waals surface area contributed by atoms with Crippen molar-refractivity contribution in [1.29, 1.82) is 0 Å². The number of aliphatic hydroxyl groups is 1. The van der Waals surface area contributed by atoms with Gasteiger partial charge in [0.1, 0.15) is 11.4 Å². The highest BCUT2D eigenvalue weighted by molar-refractivity contribution is 5.42. The van der Waals surface area contributed by atoms with Crippen LogP contribution in [0, 0.1) is 19.7 Å². The maximum absolute atomic E-state index is 13.2. The Morgan fingerprint density at radius 1 is 1.22 bits per heavy atom. The number of halogens is 1. The lowest BCUT2D eigenvalue weighted by Gasteiger charge is -2.26.